The summed E-state index contributed by atoms with van der Waals surface area (Å²) in [5, 5.41) is 7.52. The van der Waals surface area contributed by atoms with Gasteiger partial charge in [0.1, 0.15) is 5.69 Å². The molecule has 0 saturated heterocycles. The van der Waals surface area contributed by atoms with Crippen molar-refractivity contribution in [1.82, 2.24) is 20.1 Å². The van der Waals surface area contributed by atoms with Crippen molar-refractivity contribution in [2.75, 3.05) is 6.54 Å². The summed E-state index contributed by atoms with van der Waals surface area (Å²) in [6.45, 7) is 7.28. The molecule has 2 aromatic rings. The SMILES string of the molecule is Cn1nccc1-c1cnc(CCNC(C)(C)C)o1. The van der Waals surface area contributed by atoms with Crippen LogP contribution in [0.1, 0.15) is 26.7 Å². The highest BCUT2D eigenvalue weighted by molar-refractivity contribution is 5.50. The molecule has 98 valence electrons. The predicted molar refractivity (Wildman–Crippen MR) is 70.2 cm³/mol. The maximum atomic E-state index is 5.71. The van der Waals surface area contributed by atoms with Gasteiger partial charge in [-0.3, -0.25) is 4.68 Å². The Morgan fingerprint density at radius 1 is 1.39 bits per heavy atom. The Bertz CT molecular complexity index is 507. The van der Waals surface area contributed by atoms with Gasteiger partial charge in [-0.15, -0.1) is 0 Å². The van der Waals surface area contributed by atoms with E-state index in [2.05, 4.69) is 36.2 Å². The average molecular weight is 248 g/mol. The van der Waals surface area contributed by atoms with Crippen molar-refractivity contribution < 1.29 is 4.42 Å². The summed E-state index contributed by atoms with van der Waals surface area (Å²) in [7, 11) is 1.89. The number of nitrogens with one attached hydrogen (secondary N) is 1. The van der Waals surface area contributed by atoms with Crippen molar-refractivity contribution in [2.45, 2.75) is 32.7 Å². The van der Waals surface area contributed by atoms with E-state index in [0.717, 1.165) is 30.3 Å². The van der Waals surface area contributed by atoms with Crippen LogP contribution in [0.3, 0.4) is 0 Å². The van der Waals surface area contributed by atoms with Crippen molar-refractivity contribution >= 4 is 0 Å². The fourth-order valence-electron chi connectivity index (χ4n) is 1.70. The first kappa shape index (κ1) is 12.8. The fourth-order valence-corrected chi connectivity index (χ4v) is 1.70. The van der Waals surface area contributed by atoms with Gasteiger partial charge in [-0.05, 0) is 26.8 Å². The van der Waals surface area contributed by atoms with E-state index >= 15 is 0 Å². The third kappa shape index (κ3) is 3.20. The lowest BCUT2D eigenvalue weighted by Gasteiger charge is -2.19. The van der Waals surface area contributed by atoms with Crippen molar-refractivity contribution in [1.29, 1.82) is 0 Å². The van der Waals surface area contributed by atoms with Gasteiger partial charge in [-0.25, -0.2) is 4.98 Å². The summed E-state index contributed by atoms with van der Waals surface area (Å²) in [6, 6.07) is 1.91. The smallest absolute Gasteiger partial charge is 0.196 e. The summed E-state index contributed by atoms with van der Waals surface area (Å²) >= 11 is 0. The van der Waals surface area contributed by atoms with Gasteiger partial charge in [0.25, 0.3) is 0 Å². The molecule has 0 bridgehead atoms. The molecule has 0 radical (unpaired) electrons. The van der Waals surface area contributed by atoms with Crippen molar-refractivity contribution in [3.8, 4) is 11.5 Å². The zero-order chi connectivity index (χ0) is 13.2. The fraction of sp³-hybridized carbons (Fsp3) is 0.538. The van der Waals surface area contributed by atoms with Crippen LogP contribution in [0.25, 0.3) is 11.5 Å². The molecular weight excluding hydrogens is 228 g/mol. The molecule has 0 atom stereocenters. The van der Waals surface area contributed by atoms with Gasteiger partial charge in [0.05, 0.1) is 6.20 Å². The molecule has 5 heteroatoms. The van der Waals surface area contributed by atoms with Gasteiger partial charge in [0.15, 0.2) is 11.7 Å². The molecule has 0 aromatic carbocycles. The molecule has 0 spiro atoms. The van der Waals surface area contributed by atoms with Gasteiger partial charge < -0.3 is 9.73 Å². The quantitative estimate of drug-likeness (QED) is 0.899. The predicted octanol–water partition coefficient (Wildman–Crippen LogP) is 2.01. The minimum absolute atomic E-state index is 0.122. The first-order valence-corrected chi connectivity index (χ1v) is 6.14. The van der Waals surface area contributed by atoms with Crippen molar-refractivity contribution in [3.05, 3.63) is 24.4 Å². The third-order valence-corrected chi connectivity index (χ3v) is 2.62. The second-order valence-corrected chi connectivity index (χ2v) is 5.39. The van der Waals surface area contributed by atoms with Crippen LogP contribution in [0.4, 0.5) is 0 Å². The average Bonchev–Trinajstić information content (AvgIpc) is 2.84. The standard InChI is InChI=1S/C13H20N4O/c1-13(2,3)15-7-6-12-14-9-11(18-12)10-5-8-16-17(10)4/h5,8-9,15H,6-7H2,1-4H3. The molecule has 0 aliphatic heterocycles. The van der Waals surface area contributed by atoms with Crippen LogP contribution in [0, 0.1) is 0 Å². The van der Waals surface area contributed by atoms with Crippen LogP contribution in [0.5, 0.6) is 0 Å². The molecule has 0 amide bonds. The van der Waals surface area contributed by atoms with E-state index in [0.29, 0.717) is 0 Å². The van der Waals surface area contributed by atoms with Gasteiger partial charge in [0.2, 0.25) is 0 Å². The van der Waals surface area contributed by atoms with E-state index < -0.39 is 0 Å². The molecule has 1 N–H and O–H groups in total. The van der Waals surface area contributed by atoms with E-state index in [1.54, 1.807) is 17.1 Å². The Morgan fingerprint density at radius 2 is 2.17 bits per heavy atom. The van der Waals surface area contributed by atoms with Gasteiger partial charge in [0, 0.05) is 31.7 Å². The summed E-state index contributed by atoms with van der Waals surface area (Å²) in [5.41, 5.74) is 1.06. The maximum absolute atomic E-state index is 5.71. The molecule has 2 heterocycles. The summed E-state index contributed by atoms with van der Waals surface area (Å²) in [4.78, 5) is 4.29. The number of hydrogen-bond acceptors (Lipinski definition) is 4. The molecule has 0 aliphatic rings. The summed E-state index contributed by atoms with van der Waals surface area (Å²) in [6.07, 6.45) is 4.29. The van der Waals surface area contributed by atoms with Gasteiger partial charge >= 0.3 is 0 Å². The molecule has 0 unspecified atom stereocenters. The van der Waals surface area contributed by atoms with Crippen molar-refractivity contribution in [3.63, 3.8) is 0 Å². The lowest BCUT2D eigenvalue weighted by atomic mass is 10.1. The van der Waals surface area contributed by atoms with Crippen LogP contribution < -0.4 is 5.32 Å². The van der Waals surface area contributed by atoms with Crippen LogP contribution in [-0.4, -0.2) is 26.8 Å². The number of aromatic nitrogens is 3. The van der Waals surface area contributed by atoms with Gasteiger partial charge in [-0.2, -0.15) is 5.10 Å². The normalized spacial score (nSPS) is 12.0. The topological polar surface area (TPSA) is 55.9 Å². The Morgan fingerprint density at radius 3 is 2.78 bits per heavy atom. The number of hydrogen-bond donors (Lipinski definition) is 1. The zero-order valence-electron chi connectivity index (χ0n) is 11.4. The highest BCUT2D eigenvalue weighted by Gasteiger charge is 2.11. The highest BCUT2D eigenvalue weighted by atomic mass is 16.4. The molecule has 18 heavy (non-hydrogen) atoms. The second kappa shape index (κ2) is 4.94. The summed E-state index contributed by atoms with van der Waals surface area (Å²) < 4.78 is 7.49. The monoisotopic (exact) mass is 248 g/mol. The molecule has 2 aromatic heterocycles. The Labute approximate surface area is 107 Å². The Balaban J connectivity index is 1.97. The van der Waals surface area contributed by atoms with E-state index in [1.807, 2.05) is 13.1 Å². The Kier molecular flexibility index (Phi) is 3.52. The van der Waals surface area contributed by atoms with Crippen LogP contribution in [-0.2, 0) is 13.5 Å². The lowest BCUT2D eigenvalue weighted by molar-refractivity contribution is 0.411. The second-order valence-electron chi connectivity index (χ2n) is 5.39. The van der Waals surface area contributed by atoms with Crippen LogP contribution in [0.15, 0.2) is 22.9 Å². The third-order valence-electron chi connectivity index (χ3n) is 2.62. The molecular formula is C13H20N4O. The van der Waals surface area contributed by atoms with E-state index in [1.165, 1.54) is 0 Å². The maximum Gasteiger partial charge on any atom is 0.196 e. The van der Waals surface area contributed by atoms with E-state index in [9.17, 15) is 0 Å². The number of rotatable bonds is 4. The first-order chi connectivity index (χ1) is 8.46. The first-order valence-electron chi connectivity index (χ1n) is 6.14. The molecule has 0 aliphatic carbocycles. The van der Waals surface area contributed by atoms with Crippen molar-refractivity contribution in [2.24, 2.45) is 7.05 Å². The van der Waals surface area contributed by atoms with Crippen LogP contribution in [0.2, 0.25) is 0 Å². The lowest BCUT2D eigenvalue weighted by Crippen LogP contribution is -2.37. The van der Waals surface area contributed by atoms with Crippen LogP contribution >= 0.6 is 0 Å². The molecule has 2 rings (SSSR count). The number of nitrogens with zero attached hydrogens (tertiary/aromatic N) is 3. The van der Waals surface area contributed by atoms with Gasteiger partial charge in [-0.1, -0.05) is 0 Å². The van der Waals surface area contributed by atoms with E-state index in [-0.39, 0.29) is 5.54 Å². The molecule has 0 fully saturated rings. The largest absolute Gasteiger partial charge is 0.439 e. The summed E-state index contributed by atoms with van der Waals surface area (Å²) in [5.74, 6) is 1.52. The Hall–Kier alpha value is -1.62. The molecule has 0 saturated carbocycles. The number of aryl methyl sites for hydroxylation is 1. The molecule has 5 nitrogen and oxygen atoms in total. The van der Waals surface area contributed by atoms with E-state index in [4.69, 9.17) is 4.42 Å². The number of oxazole rings is 1. The highest BCUT2D eigenvalue weighted by Crippen LogP contribution is 2.19. The minimum Gasteiger partial charge on any atom is -0.439 e. The zero-order valence-corrected chi connectivity index (χ0v) is 11.4. The minimum atomic E-state index is 0.122.